The predicted octanol–water partition coefficient (Wildman–Crippen LogP) is 1.90. The fraction of sp³-hybridized carbons (Fsp3) is 0.579. The Morgan fingerprint density at radius 1 is 1.20 bits per heavy atom. The number of carbonyl (C=O) groups excluding carboxylic acids is 1. The van der Waals surface area contributed by atoms with E-state index in [0.717, 1.165) is 56.1 Å². The van der Waals surface area contributed by atoms with Crippen LogP contribution >= 0.6 is 0 Å². The van der Waals surface area contributed by atoms with Gasteiger partial charge in [-0.15, -0.1) is 0 Å². The zero-order valence-electron chi connectivity index (χ0n) is 15.3. The first-order valence-electron chi connectivity index (χ1n) is 9.23. The zero-order chi connectivity index (χ0) is 17.6. The lowest BCUT2D eigenvalue weighted by atomic mass is 9.99. The van der Waals surface area contributed by atoms with Crippen LogP contribution in [0.2, 0.25) is 0 Å². The van der Waals surface area contributed by atoms with Crippen LogP contribution in [0, 0.1) is 5.92 Å². The average Bonchev–Trinajstić information content (AvgIpc) is 3.02. The van der Waals surface area contributed by atoms with Gasteiger partial charge in [-0.25, -0.2) is 4.98 Å². The molecule has 6 heteroatoms. The molecule has 4 heterocycles. The number of nitrogens with zero attached hydrogens (tertiary/aromatic N) is 4. The molecule has 2 aromatic rings. The highest BCUT2D eigenvalue weighted by molar-refractivity contribution is 5.82. The van der Waals surface area contributed by atoms with E-state index < -0.39 is 0 Å². The lowest BCUT2D eigenvalue weighted by Gasteiger charge is -2.41. The van der Waals surface area contributed by atoms with Crippen molar-refractivity contribution in [3.05, 3.63) is 23.9 Å². The van der Waals surface area contributed by atoms with Crippen LogP contribution in [-0.2, 0) is 4.79 Å². The number of H-pyrrole nitrogens is 1. The van der Waals surface area contributed by atoms with Gasteiger partial charge in [0.15, 0.2) is 0 Å². The summed E-state index contributed by atoms with van der Waals surface area (Å²) in [5.41, 5.74) is 3.43. The number of pyridine rings is 1. The second kappa shape index (κ2) is 6.33. The minimum atomic E-state index is 0.208. The third-order valence-electron chi connectivity index (χ3n) is 5.49. The first kappa shape index (κ1) is 16.4. The van der Waals surface area contributed by atoms with Crippen LogP contribution in [0.25, 0.3) is 11.0 Å². The van der Waals surface area contributed by atoms with Crippen molar-refractivity contribution >= 4 is 22.8 Å². The van der Waals surface area contributed by atoms with Crippen molar-refractivity contribution in [2.45, 2.75) is 19.8 Å². The van der Waals surface area contributed by atoms with E-state index in [-0.39, 0.29) is 5.92 Å². The molecule has 0 radical (unpaired) electrons. The van der Waals surface area contributed by atoms with Gasteiger partial charge in [-0.2, -0.15) is 0 Å². The molecule has 0 saturated carbocycles. The van der Waals surface area contributed by atoms with Crippen LogP contribution in [0.15, 0.2) is 18.3 Å². The molecule has 2 aliphatic rings. The lowest BCUT2D eigenvalue weighted by molar-refractivity contribution is -0.140. The molecule has 0 spiro atoms. The number of hydrogen-bond acceptors (Lipinski definition) is 4. The molecule has 4 rings (SSSR count). The molecular weight excluding hydrogens is 314 g/mol. The van der Waals surface area contributed by atoms with Crippen molar-refractivity contribution in [2.24, 2.45) is 5.92 Å². The quantitative estimate of drug-likeness (QED) is 0.926. The van der Waals surface area contributed by atoms with Gasteiger partial charge in [-0.1, -0.05) is 13.8 Å². The van der Waals surface area contributed by atoms with Gasteiger partial charge < -0.3 is 19.7 Å². The molecule has 2 fully saturated rings. The molecule has 0 unspecified atom stereocenters. The van der Waals surface area contributed by atoms with Gasteiger partial charge in [-0.3, -0.25) is 4.79 Å². The van der Waals surface area contributed by atoms with E-state index in [4.69, 9.17) is 4.98 Å². The molecule has 6 nitrogen and oxygen atoms in total. The van der Waals surface area contributed by atoms with Crippen molar-refractivity contribution in [3.8, 4) is 0 Å². The summed E-state index contributed by atoms with van der Waals surface area (Å²) in [6.45, 7) is 9.50. The minimum Gasteiger partial charge on any atom is -0.360 e. The molecule has 0 atom stereocenters. The van der Waals surface area contributed by atoms with Crippen LogP contribution in [0.1, 0.15) is 25.3 Å². The van der Waals surface area contributed by atoms with Crippen molar-refractivity contribution in [2.75, 3.05) is 51.2 Å². The summed E-state index contributed by atoms with van der Waals surface area (Å²) in [6.07, 6.45) is 2.07. The van der Waals surface area contributed by atoms with Crippen molar-refractivity contribution < 1.29 is 4.79 Å². The topological polar surface area (TPSA) is 55.5 Å². The molecule has 0 bridgehead atoms. The largest absolute Gasteiger partial charge is 0.360 e. The van der Waals surface area contributed by atoms with Crippen molar-refractivity contribution in [1.29, 1.82) is 0 Å². The number of carbonyl (C=O) groups is 1. The summed E-state index contributed by atoms with van der Waals surface area (Å²) in [4.78, 5) is 27.2. The second-order valence-electron chi connectivity index (χ2n) is 7.69. The van der Waals surface area contributed by atoms with E-state index in [9.17, 15) is 4.79 Å². The molecule has 2 aliphatic heterocycles. The highest BCUT2D eigenvalue weighted by Crippen LogP contribution is 2.26. The third kappa shape index (κ3) is 2.99. The maximum atomic E-state index is 12.5. The molecule has 1 N–H and O–H groups in total. The Morgan fingerprint density at radius 3 is 2.56 bits per heavy atom. The Balaban J connectivity index is 1.44. The molecule has 0 aliphatic carbocycles. The van der Waals surface area contributed by atoms with Gasteiger partial charge >= 0.3 is 0 Å². The number of aromatic amines is 1. The van der Waals surface area contributed by atoms with E-state index >= 15 is 0 Å². The number of rotatable bonds is 3. The van der Waals surface area contributed by atoms with Crippen LogP contribution in [-0.4, -0.2) is 72.0 Å². The van der Waals surface area contributed by atoms with E-state index in [0.29, 0.717) is 11.8 Å². The number of aromatic nitrogens is 2. The van der Waals surface area contributed by atoms with Gasteiger partial charge in [0.25, 0.3) is 0 Å². The first-order valence-corrected chi connectivity index (χ1v) is 9.23. The van der Waals surface area contributed by atoms with Gasteiger partial charge in [0, 0.05) is 45.5 Å². The van der Waals surface area contributed by atoms with Gasteiger partial charge in [-0.05, 0) is 30.7 Å². The molecular formula is C19H27N5O. The zero-order valence-corrected chi connectivity index (χ0v) is 15.3. The standard InChI is InChI=1S/C19H27N5O/c1-13(2)15-10-20-16-4-5-17(21-18(15)16)23-6-8-24(9-7-23)19(25)14-11-22(3)12-14/h4-5,10,13-14,20H,6-9,11-12H2,1-3H3. The van der Waals surface area contributed by atoms with Crippen LogP contribution in [0.4, 0.5) is 5.82 Å². The SMILES string of the molecule is CC(C)c1c[nH]c2ccc(N3CCN(C(=O)C4CN(C)C4)CC3)nc12. The minimum absolute atomic E-state index is 0.208. The highest BCUT2D eigenvalue weighted by Gasteiger charge is 2.34. The smallest absolute Gasteiger partial charge is 0.228 e. The monoisotopic (exact) mass is 341 g/mol. The Labute approximate surface area is 148 Å². The number of likely N-dealkylation sites (tertiary alicyclic amines) is 1. The maximum absolute atomic E-state index is 12.5. The molecule has 0 aromatic carbocycles. The number of hydrogen-bond donors (Lipinski definition) is 1. The highest BCUT2D eigenvalue weighted by atomic mass is 16.2. The molecule has 2 aromatic heterocycles. The molecule has 134 valence electrons. The van der Waals surface area contributed by atoms with E-state index in [2.05, 4.69) is 54.0 Å². The Hall–Kier alpha value is -2.08. The number of amides is 1. The van der Waals surface area contributed by atoms with Crippen molar-refractivity contribution in [1.82, 2.24) is 19.8 Å². The Morgan fingerprint density at radius 2 is 1.92 bits per heavy atom. The fourth-order valence-electron chi connectivity index (χ4n) is 3.89. The van der Waals surface area contributed by atoms with Crippen LogP contribution in [0.5, 0.6) is 0 Å². The van der Waals surface area contributed by atoms with E-state index in [1.807, 2.05) is 4.90 Å². The third-order valence-corrected chi connectivity index (χ3v) is 5.49. The normalized spacial score (nSPS) is 19.7. The summed E-state index contributed by atoms with van der Waals surface area (Å²) in [5.74, 6) is 2.00. The molecule has 1 amide bonds. The van der Waals surface area contributed by atoms with Gasteiger partial charge in [0.05, 0.1) is 17.0 Å². The first-order chi connectivity index (χ1) is 12.0. The summed E-state index contributed by atoms with van der Waals surface area (Å²) in [5, 5.41) is 0. The fourth-order valence-corrected chi connectivity index (χ4v) is 3.89. The predicted molar refractivity (Wildman–Crippen MR) is 100.0 cm³/mol. The van der Waals surface area contributed by atoms with E-state index in [1.54, 1.807) is 0 Å². The van der Waals surface area contributed by atoms with E-state index in [1.165, 1.54) is 5.56 Å². The summed E-state index contributed by atoms with van der Waals surface area (Å²) in [6, 6.07) is 4.20. The van der Waals surface area contributed by atoms with Gasteiger partial charge in [0.1, 0.15) is 5.82 Å². The number of piperazine rings is 1. The Bertz CT molecular complexity index is 769. The number of nitrogens with one attached hydrogen (secondary N) is 1. The summed E-state index contributed by atoms with van der Waals surface area (Å²) < 4.78 is 0. The second-order valence-corrected chi connectivity index (χ2v) is 7.69. The molecule has 2 saturated heterocycles. The average molecular weight is 341 g/mol. The maximum Gasteiger partial charge on any atom is 0.228 e. The van der Waals surface area contributed by atoms with Crippen molar-refractivity contribution in [3.63, 3.8) is 0 Å². The Kier molecular flexibility index (Phi) is 4.15. The summed E-state index contributed by atoms with van der Waals surface area (Å²) in [7, 11) is 2.07. The lowest BCUT2D eigenvalue weighted by Crippen LogP contribution is -2.57. The number of fused-ring (bicyclic) bond motifs is 1. The summed E-state index contributed by atoms with van der Waals surface area (Å²) >= 11 is 0. The van der Waals surface area contributed by atoms with Crippen LogP contribution < -0.4 is 4.90 Å². The number of anilines is 1. The van der Waals surface area contributed by atoms with Gasteiger partial charge in [0.2, 0.25) is 5.91 Å². The van der Waals surface area contributed by atoms with Crippen LogP contribution in [0.3, 0.4) is 0 Å². The molecule has 25 heavy (non-hydrogen) atoms.